The van der Waals surface area contributed by atoms with Crippen LogP contribution in [0.4, 0.5) is 10.2 Å². The molecule has 3 aromatic rings. The van der Waals surface area contributed by atoms with E-state index >= 15 is 0 Å². The van der Waals surface area contributed by atoms with Gasteiger partial charge in [0.1, 0.15) is 30.1 Å². The van der Waals surface area contributed by atoms with Gasteiger partial charge in [-0.25, -0.2) is 19.3 Å². The molecule has 0 radical (unpaired) electrons. The van der Waals surface area contributed by atoms with Crippen molar-refractivity contribution in [3.63, 3.8) is 0 Å². The average molecular weight is 429 g/mol. The van der Waals surface area contributed by atoms with Crippen LogP contribution in [0.1, 0.15) is 17.0 Å². The molecule has 2 aromatic heterocycles. The van der Waals surface area contributed by atoms with Gasteiger partial charge in [0.2, 0.25) is 5.91 Å². The first kappa shape index (κ1) is 20.3. The van der Waals surface area contributed by atoms with E-state index in [0.717, 1.165) is 23.0 Å². The fourth-order valence-electron chi connectivity index (χ4n) is 3.52. The van der Waals surface area contributed by atoms with Crippen LogP contribution in [0.15, 0.2) is 36.9 Å². The number of rotatable bonds is 4. The summed E-state index contributed by atoms with van der Waals surface area (Å²) in [4.78, 5) is 29.6. The lowest BCUT2D eigenvalue weighted by molar-refractivity contribution is -0.130. The highest BCUT2D eigenvalue weighted by Gasteiger charge is 2.24. The fraction of sp³-hybridized carbons (Fsp3) is 0.333. The van der Waals surface area contributed by atoms with Crippen molar-refractivity contribution in [2.24, 2.45) is 0 Å². The lowest BCUT2D eigenvalue weighted by Crippen LogP contribution is -2.49. The Bertz CT molecular complexity index is 1060. The number of carbonyl (C=O) groups is 1. The van der Waals surface area contributed by atoms with Crippen molar-refractivity contribution in [3.8, 4) is 5.82 Å². The third kappa shape index (κ3) is 4.00. The van der Waals surface area contributed by atoms with E-state index in [-0.39, 0.29) is 22.9 Å². The molecule has 0 N–H and O–H groups in total. The first-order valence-corrected chi connectivity index (χ1v) is 10.1. The molecule has 1 saturated heterocycles. The zero-order valence-electron chi connectivity index (χ0n) is 16.8. The molecule has 30 heavy (non-hydrogen) atoms. The molecule has 0 bridgehead atoms. The molecule has 0 saturated carbocycles. The van der Waals surface area contributed by atoms with Crippen LogP contribution >= 0.6 is 11.6 Å². The fourth-order valence-corrected chi connectivity index (χ4v) is 3.75. The van der Waals surface area contributed by atoms with Gasteiger partial charge in [0.05, 0.1) is 12.1 Å². The number of amides is 1. The standard InChI is InChI=1S/C21H22ClFN6O/c1-14-15(2)29(13-26-14)20-11-19(24-12-25-20)27-6-8-28(9-7-27)21(30)10-16-17(22)4-3-5-18(16)23/h3-5,11-13H,6-10H2,1-2H3. The van der Waals surface area contributed by atoms with Gasteiger partial charge in [-0.2, -0.15) is 0 Å². The molecule has 1 amide bonds. The zero-order valence-corrected chi connectivity index (χ0v) is 17.6. The van der Waals surface area contributed by atoms with E-state index in [9.17, 15) is 9.18 Å². The summed E-state index contributed by atoms with van der Waals surface area (Å²) < 4.78 is 15.9. The number of benzene rings is 1. The quantitative estimate of drug-likeness (QED) is 0.639. The predicted molar refractivity (Wildman–Crippen MR) is 113 cm³/mol. The van der Waals surface area contributed by atoms with E-state index in [1.807, 2.05) is 24.5 Å². The molecular formula is C21H22ClFN6O. The normalized spacial score (nSPS) is 14.3. The van der Waals surface area contributed by atoms with Gasteiger partial charge in [0.25, 0.3) is 0 Å². The summed E-state index contributed by atoms with van der Waals surface area (Å²) in [6.45, 7) is 6.29. The number of imidazole rings is 1. The summed E-state index contributed by atoms with van der Waals surface area (Å²) >= 11 is 6.05. The molecule has 0 aliphatic carbocycles. The van der Waals surface area contributed by atoms with Crippen molar-refractivity contribution in [2.45, 2.75) is 20.3 Å². The molecule has 4 rings (SSSR count). The van der Waals surface area contributed by atoms with E-state index < -0.39 is 5.82 Å². The summed E-state index contributed by atoms with van der Waals surface area (Å²) in [5.41, 5.74) is 2.23. The first-order valence-electron chi connectivity index (χ1n) is 9.72. The van der Waals surface area contributed by atoms with E-state index in [2.05, 4.69) is 19.9 Å². The van der Waals surface area contributed by atoms with E-state index in [1.165, 1.54) is 18.5 Å². The maximum atomic E-state index is 14.0. The maximum absolute atomic E-state index is 14.0. The maximum Gasteiger partial charge on any atom is 0.227 e. The Labute approximate surface area is 179 Å². The molecule has 1 aliphatic heterocycles. The molecule has 1 fully saturated rings. The monoisotopic (exact) mass is 428 g/mol. The van der Waals surface area contributed by atoms with Gasteiger partial charge in [-0.1, -0.05) is 17.7 Å². The largest absolute Gasteiger partial charge is 0.353 e. The Balaban J connectivity index is 1.42. The van der Waals surface area contributed by atoms with Crippen molar-refractivity contribution in [1.82, 2.24) is 24.4 Å². The van der Waals surface area contributed by atoms with E-state index in [4.69, 9.17) is 11.6 Å². The smallest absolute Gasteiger partial charge is 0.227 e. The molecule has 156 valence electrons. The number of nitrogens with zero attached hydrogens (tertiary/aromatic N) is 6. The highest BCUT2D eigenvalue weighted by Crippen LogP contribution is 2.22. The topological polar surface area (TPSA) is 67.2 Å². The van der Waals surface area contributed by atoms with Crippen molar-refractivity contribution in [2.75, 3.05) is 31.1 Å². The lowest BCUT2D eigenvalue weighted by Gasteiger charge is -2.35. The number of hydrogen-bond donors (Lipinski definition) is 0. The molecular weight excluding hydrogens is 407 g/mol. The third-order valence-corrected chi connectivity index (χ3v) is 5.84. The zero-order chi connectivity index (χ0) is 21.3. The van der Waals surface area contributed by atoms with E-state index in [0.29, 0.717) is 26.2 Å². The Kier molecular flexibility index (Phi) is 5.67. The Morgan fingerprint density at radius 2 is 1.83 bits per heavy atom. The number of hydrogen-bond acceptors (Lipinski definition) is 5. The first-order chi connectivity index (χ1) is 14.4. The minimum atomic E-state index is -0.451. The van der Waals surface area contributed by atoms with Crippen LogP contribution in [0, 0.1) is 19.7 Å². The second kappa shape index (κ2) is 8.39. The van der Waals surface area contributed by atoms with Crippen LogP contribution < -0.4 is 4.90 Å². The van der Waals surface area contributed by atoms with Gasteiger partial charge in [-0.15, -0.1) is 0 Å². The van der Waals surface area contributed by atoms with E-state index in [1.54, 1.807) is 17.3 Å². The SMILES string of the molecule is Cc1ncn(-c2cc(N3CCN(C(=O)Cc4c(F)cccc4Cl)CC3)ncn2)c1C. The molecule has 0 atom stereocenters. The molecule has 0 spiro atoms. The van der Waals surface area contributed by atoms with Crippen molar-refractivity contribution in [3.05, 3.63) is 64.7 Å². The molecule has 1 aromatic carbocycles. The Morgan fingerprint density at radius 1 is 1.10 bits per heavy atom. The van der Waals surface area contributed by atoms with Gasteiger partial charge in [-0.05, 0) is 26.0 Å². The summed E-state index contributed by atoms with van der Waals surface area (Å²) in [5.74, 6) is 0.975. The summed E-state index contributed by atoms with van der Waals surface area (Å²) in [5, 5.41) is 0.278. The summed E-state index contributed by atoms with van der Waals surface area (Å²) in [6.07, 6.45) is 3.25. The van der Waals surface area contributed by atoms with Gasteiger partial charge >= 0.3 is 0 Å². The van der Waals surface area contributed by atoms with Crippen molar-refractivity contribution in [1.29, 1.82) is 0 Å². The third-order valence-electron chi connectivity index (χ3n) is 5.48. The molecule has 7 nitrogen and oxygen atoms in total. The number of anilines is 1. The van der Waals surface area contributed by atoms with Gasteiger partial charge in [0, 0.05) is 48.5 Å². The Morgan fingerprint density at radius 3 is 2.50 bits per heavy atom. The van der Waals surface area contributed by atoms with Crippen molar-refractivity contribution >= 4 is 23.3 Å². The number of aromatic nitrogens is 4. The van der Waals surface area contributed by atoms with Gasteiger partial charge < -0.3 is 9.80 Å². The van der Waals surface area contributed by atoms with Crippen LogP contribution in [0.25, 0.3) is 5.82 Å². The average Bonchev–Trinajstić information content (AvgIpc) is 3.09. The summed E-state index contributed by atoms with van der Waals surface area (Å²) in [6, 6.07) is 6.38. The highest BCUT2D eigenvalue weighted by atomic mass is 35.5. The Hall–Kier alpha value is -3.00. The van der Waals surface area contributed by atoms with Crippen LogP contribution in [-0.2, 0) is 11.2 Å². The minimum absolute atomic E-state index is 0.0393. The number of aryl methyl sites for hydroxylation is 1. The number of piperazine rings is 1. The minimum Gasteiger partial charge on any atom is -0.353 e. The lowest BCUT2D eigenvalue weighted by atomic mass is 10.1. The highest BCUT2D eigenvalue weighted by molar-refractivity contribution is 6.31. The number of carbonyl (C=O) groups excluding carboxylic acids is 1. The molecule has 1 aliphatic rings. The van der Waals surface area contributed by atoms with Crippen LogP contribution in [-0.4, -0.2) is 56.5 Å². The molecule has 3 heterocycles. The van der Waals surface area contributed by atoms with Crippen molar-refractivity contribution < 1.29 is 9.18 Å². The number of halogens is 2. The van der Waals surface area contributed by atoms with Crippen LogP contribution in [0.2, 0.25) is 5.02 Å². The second-order valence-corrected chi connectivity index (χ2v) is 7.67. The molecule has 0 unspecified atom stereocenters. The van der Waals surface area contributed by atoms with Gasteiger partial charge in [0.15, 0.2) is 0 Å². The van der Waals surface area contributed by atoms with Crippen LogP contribution in [0.3, 0.4) is 0 Å². The van der Waals surface area contributed by atoms with Crippen LogP contribution in [0.5, 0.6) is 0 Å². The molecule has 9 heteroatoms. The van der Waals surface area contributed by atoms with Gasteiger partial charge in [-0.3, -0.25) is 9.36 Å². The second-order valence-electron chi connectivity index (χ2n) is 7.26. The predicted octanol–water partition coefficient (Wildman–Crippen LogP) is 2.96. The summed E-state index contributed by atoms with van der Waals surface area (Å²) in [7, 11) is 0.